The third-order valence-corrected chi connectivity index (χ3v) is 7.69. The van der Waals surface area contributed by atoms with Crippen molar-refractivity contribution in [2.24, 2.45) is 5.41 Å². The molecule has 1 N–H and O–H groups in total. The van der Waals surface area contributed by atoms with Crippen LogP contribution in [-0.4, -0.2) is 48.2 Å². The van der Waals surface area contributed by atoms with Gasteiger partial charge < -0.3 is 10.0 Å². The first-order chi connectivity index (χ1) is 15.3. The number of carboxylic acid groups (broad SMARTS) is 1. The van der Waals surface area contributed by atoms with E-state index < -0.39 is 5.97 Å². The molecule has 1 atom stereocenters. The zero-order valence-electron chi connectivity index (χ0n) is 19.3. The van der Waals surface area contributed by atoms with Crippen LogP contribution in [0.4, 0.5) is 5.69 Å². The van der Waals surface area contributed by atoms with E-state index in [1.807, 2.05) is 24.3 Å². The highest BCUT2D eigenvalue weighted by Crippen LogP contribution is 2.43. The van der Waals surface area contributed by atoms with Gasteiger partial charge in [-0.2, -0.15) is 0 Å². The Bertz CT molecular complexity index is 1080. The molecule has 0 saturated carbocycles. The van der Waals surface area contributed by atoms with Crippen molar-refractivity contribution in [3.05, 3.63) is 69.8 Å². The lowest BCUT2D eigenvalue weighted by Crippen LogP contribution is -2.52. The van der Waals surface area contributed by atoms with Gasteiger partial charge in [0.15, 0.2) is 0 Å². The first-order valence-corrected chi connectivity index (χ1v) is 12.0. The smallest absolute Gasteiger partial charge is 0.335 e. The number of hydrogen-bond acceptors (Lipinski definition) is 3. The van der Waals surface area contributed by atoms with Crippen LogP contribution in [0.25, 0.3) is 5.57 Å². The molecule has 6 heteroatoms. The Labute approximate surface area is 207 Å². The molecular formula is C27H32Cl2N2O2. The topological polar surface area (TPSA) is 43.8 Å². The number of nitrogens with zero attached hydrogens (tertiary/aromatic N) is 2. The molecule has 1 aliphatic carbocycles. The maximum atomic E-state index is 11.4. The van der Waals surface area contributed by atoms with Crippen LogP contribution < -0.4 is 4.90 Å². The van der Waals surface area contributed by atoms with Gasteiger partial charge in [-0.15, -0.1) is 12.4 Å². The molecule has 2 aliphatic heterocycles. The largest absolute Gasteiger partial charge is 0.478 e. The quantitative estimate of drug-likeness (QED) is 0.560. The first-order valence-electron chi connectivity index (χ1n) is 11.6. The monoisotopic (exact) mass is 486 g/mol. The SMILES string of the molecule is CC1(C)CCC(c2ccc(Cl)cc2)=C(CN2CCN3c4ccc(C(=O)O)cc4CC3C2)C1.Cl. The summed E-state index contributed by atoms with van der Waals surface area (Å²) in [4.78, 5) is 16.5. The number of aromatic carboxylic acids is 1. The summed E-state index contributed by atoms with van der Waals surface area (Å²) in [6.07, 6.45) is 4.41. The van der Waals surface area contributed by atoms with Gasteiger partial charge in [-0.1, -0.05) is 43.2 Å². The van der Waals surface area contributed by atoms with Crippen molar-refractivity contribution in [2.75, 3.05) is 31.1 Å². The minimum atomic E-state index is -0.846. The summed E-state index contributed by atoms with van der Waals surface area (Å²) in [6.45, 7) is 8.84. The molecule has 0 amide bonds. The molecule has 4 nitrogen and oxygen atoms in total. The molecule has 0 radical (unpaired) electrons. The normalized spacial score (nSPS) is 21.9. The number of fused-ring (bicyclic) bond motifs is 3. The number of carboxylic acids is 1. The zero-order chi connectivity index (χ0) is 22.5. The lowest BCUT2D eigenvalue weighted by atomic mass is 9.72. The predicted molar refractivity (Wildman–Crippen MR) is 138 cm³/mol. The molecule has 1 unspecified atom stereocenters. The van der Waals surface area contributed by atoms with E-state index in [9.17, 15) is 9.90 Å². The van der Waals surface area contributed by atoms with Crippen molar-refractivity contribution < 1.29 is 9.90 Å². The molecule has 2 heterocycles. The van der Waals surface area contributed by atoms with Gasteiger partial charge in [0.05, 0.1) is 5.56 Å². The number of benzene rings is 2. The molecule has 2 aromatic carbocycles. The molecule has 5 rings (SSSR count). The number of piperazine rings is 1. The van der Waals surface area contributed by atoms with Gasteiger partial charge in [0.1, 0.15) is 0 Å². The van der Waals surface area contributed by atoms with E-state index in [1.54, 1.807) is 11.6 Å². The molecule has 33 heavy (non-hydrogen) atoms. The summed E-state index contributed by atoms with van der Waals surface area (Å²) in [5.41, 5.74) is 7.51. The fourth-order valence-electron chi connectivity index (χ4n) is 5.80. The van der Waals surface area contributed by atoms with E-state index in [-0.39, 0.29) is 12.4 Å². The summed E-state index contributed by atoms with van der Waals surface area (Å²) in [5, 5.41) is 10.1. The number of hydrogen-bond donors (Lipinski definition) is 1. The van der Waals surface area contributed by atoms with Crippen molar-refractivity contribution in [3.63, 3.8) is 0 Å². The number of rotatable bonds is 4. The van der Waals surface area contributed by atoms with E-state index in [0.29, 0.717) is 17.0 Å². The van der Waals surface area contributed by atoms with E-state index >= 15 is 0 Å². The average molecular weight is 487 g/mol. The highest BCUT2D eigenvalue weighted by Gasteiger charge is 2.36. The lowest BCUT2D eigenvalue weighted by molar-refractivity contribution is 0.0697. The fourth-order valence-corrected chi connectivity index (χ4v) is 5.93. The fraction of sp³-hybridized carbons (Fsp3) is 0.444. The summed E-state index contributed by atoms with van der Waals surface area (Å²) in [5.74, 6) is -0.846. The van der Waals surface area contributed by atoms with Gasteiger partial charge in [0, 0.05) is 42.9 Å². The Balaban J connectivity index is 0.00000259. The predicted octanol–water partition coefficient (Wildman–Crippen LogP) is 6.17. The summed E-state index contributed by atoms with van der Waals surface area (Å²) < 4.78 is 0. The van der Waals surface area contributed by atoms with Crippen LogP contribution in [0.2, 0.25) is 5.02 Å². The molecule has 0 aromatic heterocycles. The minimum absolute atomic E-state index is 0. The Morgan fingerprint density at radius 1 is 1.15 bits per heavy atom. The molecule has 2 aromatic rings. The standard InChI is InChI=1S/C27H31ClN2O2.ClH/c1-27(2)10-9-24(18-3-6-22(28)7-4-18)21(15-27)16-29-11-12-30-23(17-29)14-20-13-19(26(31)32)5-8-25(20)30;/h3-8,13,23H,9-12,14-17H2,1-2H3,(H,31,32);1H. The molecule has 0 spiro atoms. The molecule has 1 fully saturated rings. The third kappa shape index (κ3) is 4.94. The van der Waals surface area contributed by atoms with Crippen LogP contribution in [0.15, 0.2) is 48.0 Å². The minimum Gasteiger partial charge on any atom is -0.478 e. The van der Waals surface area contributed by atoms with Gasteiger partial charge in [0.2, 0.25) is 0 Å². The van der Waals surface area contributed by atoms with Gasteiger partial charge in [0.25, 0.3) is 0 Å². The third-order valence-electron chi connectivity index (χ3n) is 7.44. The Hall–Kier alpha value is -2.01. The van der Waals surface area contributed by atoms with Gasteiger partial charge >= 0.3 is 5.97 Å². The Morgan fingerprint density at radius 2 is 1.91 bits per heavy atom. The molecule has 176 valence electrons. The molecule has 0 bridgehead atoms. The van der Waals surface area contributed by atoms with Crippen molar-refractivity contribution >= 4 is 41.2 Å². The summed E-state index contributed by atoms with van der Waals surface area (Å²) in [7, 11) is 0. The second-order valence-corrected chi connectivity index (χ2v) is 10.8. The molecule has 3 aliphatic rings. The van der Waals surface area contributed by atoms with Crippen molar-refractivity contribution in [1.29, 1.82) is 0 Å². The second-order valence-electron chi connectivity index (χ2n) is 10.4. The van der Waals surface area contributed by atoms with Crippen LogP contribution in [-0.2, 0) is 6.42 Å². The maximum Gasteiger partial charge on any atom is 0.335 e. The van der Waals surface area contributed by atoms with Crippen LogP contribution in [0, 0.1) is 5.41 Å². The van der Waals surface area contributed by atoms with Crippen LogP contribution in [0.3, 0.4) is 0 Å². The van der Waals surface area contributed by atoms with Crippen molar-refractivity contribution in [2.45, 2.75) is 45.6 Å². The Morgan fingerprint density at radius 3 is 2.64 bits per heavy atom. The first kappa shape index (κ1) is 24.1. The highest BCUT2D eigenvalue weighted by molar-refractivity contribution is 6.30. The van der Waals surface area contributed by atoms with Crippen molar-refractivity contribution in [3.8, 4) is 0 Å². The number of halogens is 2. The van der Waals surface area contributed by atoms with Gasteiger partial charge in [-0.05, 0) is 78.1 Å². The Kier molecular flexibility index (Phi) is 6.82. The summed E-state index contributed by atoms with van der Waals surface area (Å²) >= 11 is 6.14. The van der Waals surface area contributed by atoms with E-state index in [2.05, 4.69) is 35.8 Å². The molecule has 1 saturated heterocycles. The maximum absolute atomic E-state index is 11.4. The van der Waals surface area contributed by atoms with Crippen LogP contribution in [0.1, 0.15) is 54.6 Å². The summed E-state index contributed by atoms with van der Waals surface area (Å²) in [6, 6.07) is 14.4. The lowest BCUT2D eigenvalue weighted by Gasteiger charge is -2.41. The number of allylic oxidation sites excluding steroid dienone is 1. The van der Waals surface area contributed by atoms with E-state index in [0.717, 1.165) is 50.5 Å². The molecular weight excluding hydrogens is 455 g/mol. The second kappa shape index (κ2) is 9.32. The van der Waals surface area contributed by atoms with E-state index in [1.165, 1.54) is 28.8 Å². The number of anilines is 1. The van der Waals surface area contributed by atoms with Crippen LogP contribution in [0.5, 0.6) is 0 Å². The van der Waals surface area contributed by atoms with Crippen molar-refractivity contribution in [1.82, 2.24) is 4.90 Å². The van der Waals surface area contributed by atoms with E-state index in [4.69, 9.17) is 11.6 Å². The highest BCUT2D eigenvalue weighted by atomic mass is 35.5. The zero-order valence-corrected chi connectivity index (χ0v) is 20.9. The van der Waals surface area contributed by atoms with Gasteiger partial charge in [-0.25, -0.2) is 4.79 Å². The van der Waals surface area contributed by atoms with Gasteiger partial charge in [-0.3, -0.25) is 4.90 Å². The number of carbonyl (C=O) groups is 1. The van der Waals surface area contributed by atoms with Crippen LogP contribution >= 0.6 is 24.0 Å². The average Bonchev–Trinajstić information content (AvgIpc) is 3.11.